The van der Waals surface area contributed by atoms with Crippen molar-refractivity contribution in [3.63, 3.8) is 0 Å². The van der Waals surface area contributed by atoms with Crippen LogP contribution in [-0.4, -0.2) is 21.0 Å². The molecule has 1 rings (SSSR count). The normalized spacial score (nSPS) is 12.1. The number of carbonyl (C=O) groups is 1. The van der Waals surface area contributed by atoms with E-state index in [0.717, 1.165) is 6.20 Å². The summed E-state index contributed by atoms with van der Waals surface area (Å²) in [5, 5.41) is 20.0. The smallest absolute Gasteiger partial charge is 0.311 e. The Bertz CT molecular complexity index is 450. The predicted molar refractivity (Wildman–Crippen MR) is 63.9 cm³/mol. The van der Waals surface area contributed by atoms with Crippen molar-refractivity contribution in [1.29, 1.82) is 0 Å². The van der Waals surface area contributed by atoms with E-state index >= 15 is 0 Å². The Morgan fingerprint density at radius 2 is 2.29 bits per heavy atom. The highest BCUT2D eigenvalue weighted by atomic mass is 79.9. The van der Waals surface area contributed by atoms with Gasteiger partial charge >= 0.3 is 5.97 Å². The lowest BCUT2D eigenvalue weighted by molar-refractivity contribution is -0.386. The minimum absolute atomic E-state index is 0.180. The first-order chi connectivity index (χ1) is 7.99. The molecule has 1 N–H and O–H groups in total. The Kier molecular flexibility index (Phi) is 4.56. The van der Waals surface area contributed by atoms with Gasteiger partial charge in [0.1, 0.15) is 6.20 Å². The van der Waals surface area contributed by atoms with Gasteiger partial charge in [-0.15, -0.1) is 0 Å². The zero-order valence-electron chi connectivity index (χ0n) is 9.09. The summed E-state index contributed by atoms with van der Waals surface area (Å²) >= 11 is 3.12. The summed E-state index contributed by atoms with van der Waals surface area (Å²) in [6, 6.07) is 0. The average Bonchev–Trinajstić information content (AvgIpc) is 2.25. The van der Waals surface area contributed by atoms with Crippen LogP contribution in [-0.2, 0) is 4.79 Å². The third kappa shape index (κ3) is 3.00. The van der Waals surface area contributed by atoms with Crippen molar-refractivity contribution >= 4 is 27.6 Å². The lowest BCUT2D eigenvalue weighted by atomic mass is 9.94. The third-order valence-corrected chi connectivity index (χ3v) is 2.97. The van der Waals surface area contributed by atoms with Crippen LogP contribution in [0.2, 0.25) is 0 Å². The average molecular weight is 303 g/mol. The number of aromatic nitrogens is 1. The van der Waals surface area contributed by atoms with Crippen LogP contribution in [0.25, 0.3) is 0 Å². The van der Waals surface area contributed by atoms with Gasteiger partial charge in [-0.05, 0) is 22.4 Å². The highest BCUT2D eigenvalue weighted by Crippen LogP contribution is 2.35. The van der Waals surface area contributed by atoms with Gasteiger partial charge in [-0.3, -0.25) is 19.9 Å². The molecule has 0 amide bonds. The molecule has 17 heavy (non-hydrogen) atoms. The van der Waals surface area contributed by atoms with E-state index in [9.17, 15) is 14.9 Å². The second-order valence-electron chi connectivity index (χ2n) is 3.49. The van der Waals surface area contributed by atoms with Crippen molar-refractivity contribution < 1.29 is 14.8 Å². The number of carboxylic acids is 1. The van der Waals surface area contributed by atoms with Gasteiger partial charge in [0.15, 0.2) is 0 Å². The Morgan fingerprint density at radius 1 is 1.65 bits per heavy atom. The number of nitrogens with zero attached hydrogens (tertiary/aromatic N) is 2. The number of nitro groups is 1. The molecule has 1 aromatic heterocycles. The van der Waals surface area contributed by atoms with Gasteiger partial charge in [-0.1, -0.05) is 13.3 Å². The first-order valence-electron chi connectivity index (χ1n) is 4.99. The van der Waals surface area contributed by atoms with Crippen LogP contribution in [0, 0.1) is 10.1 Å². The zero-order chi connectivity index (χ0) is 13.0. The van der Waals surface area contributed by atoms with Crippen LogP contribution in [0.15, 0.2) is 16.9 Å². The van der Waals surface area contributed by atoms with Crippen molar-refractivity contribution in [3.05, 3.63) is 32.5 Å². The van der Waals surface area contributed by atoms with E-state index in [2.05, 4.69) is 20.9 Å². The van der Waals surface area contributed by atoms with Gasteiger partial charge in [0.2, 0.25) is 0 Å². The summed E-state index contributed by atoms with van der Waals surface area (Å²) in [6.07, 6.45) is 3.42. The molecule has 0 bridgehead atoms. The van der Waals surface area contributed by atoms with Gasteiger partial charge in [0.05, 0.1) is 16.4 Å². The molecule has 0 aromatic carbocycles. The summed E-state index contributed by atoms with van der Waals surface area (Å²) < 4.78 is 0.354. The van der Waals surface area contributed by atoms with E-state index in [1.165, 1.54) is 6.20 Å². The zero-order valence-corrected chi connectivity index (χ0v) is 10.7. The number of pyridine rings is 1. The summed E-state index contributed by atoms with van der Waals surface area (Å²) in [7, 11) is 0. The lowest BCUT2D eigenvalue weighted by Gasteiger charge is -2.13. The molecular formula is C10H11BrN2O4. The molecule has 0 aliphatic heterocycles. The van der Waals surface area contributed by atoms with Gasteiger partial charge in [0, 0.05) is 10.7 Å². The van der Waals surface area contributed by atoms with E-state index in [1.54, 1.807) is 0 Å². The topological polar surface area (TPSA) is 93.3 Å². The van der Waals surface area contributed by atoms with E-state index in [0.29, 0.717) is 17.3 Å². The second kappa shape index (κ2) is 5.72. The summed E-state index contributed by atoms with van der Waals surface area (Å²) in [4.78, 5) is 25.1. The summed E-state index contributed by atoms with van der Waals surface area (Å²) in [5.41, 5.74) is -0.0837. The highest BCUT2D eigenvalue weighted by molar-refractivity contribution is 9.10. The SMILES string of the molecule is CCCC(C(=O)O)c1c(Br)cncc1[N+](=O)[O-]. The molecule has 6 nitrogen and oxygen atoms in total. The molecule has 1 aromatic rings. The number of hydrogen-bond donors (Lipinski definition) is 1. The second-order valence-corrected chi connectivity index (χ2v) is 4.35. The fourth-order valence-corrected chi connectivity index (χ4v) is 2.20. The van der Waals surface area contributed by atoms with Gasteiger partial charge < -0.3 is 5.11 Å². The van der Waals surface area contributed by atoms with Crippen LogP contribution in [0.1, 0.15) is 31.2 Å². The molecule has 0 spiro atoms. The first kappa shape index (κ1) is 13.6. The summed E-state index contributed by atoms with van der Waals surface area (Å²) in [5.74, 6) is -1.96. The quantitative estimate of drug-likeness (QED) is 0.666. The molecule has 7 heteroatoms. The van der Waals surface area contributed by atoms with E-state index in [1.807, 2.05) is 6.92 Å². The standard InChI is InChI=1S/C10H11BrN2O4/c1-2-3-6(10(14)15)9-7(11)4-12-5-8(9)13(16)17/h4-6H,2-3H2,1H3,(H,14,15). The fraction of sp³-hybridized carbons (Fsp3) is 0.400. The predicted octanol–water partition coefficient (Wildman–Crippen LogP) is 2.72. The molecule has 1 atom stereocenters. The van der Waals surface area contributed by atoms with Gasteiger partial charge in [0.25, 0.3) is 5.69 Å². The molecule has 1 heterocycles. The molecule has 0 radical (unpaired) electrons. The van der Waals surface area contributed by atoms with Crippen molar-refractivity contribution in [3.8, 4) is 0 Å². The first-order valence-corrected chi connectivity index (χ1v) is 5.78. The minimum atomic E-state index is -1.07. The highest BCUT2D eigenvalue weighted by Gasteiger charge is 2.29. The van der Waals surface area contributed by atoms with Crippen molar-refractivity contribution in [2.45, 2.75) is 25.7 Å². The Morgan fingerprint density at radius 3 is 2.76 bits per heavy atom. The van der Waals surface area contributed by atoms with Gasteiger partial charge in [-0.2, -0.15) is 0 Å². The van der Waals surface area contributed by atoms with Crippen molar-refractivity contribution in [2.24, 2.45) is 0 Å². The number of halogens is 1. The Labute approximate surface area is 106 Å². The Hall–Kier alpha value is -1.50. The van der Waals surface area contributed by atoms with Crippen LogP contribution in [0.3, 0.4) is 0 Å². The fourth-order valence-electron chi connectivity index (χ4n) is 1.61. The van der Waals surface area contributed by atoms with Crippen LogP contribution < -0.4 is 0 Å². The molecule has 92 valence electrons. The van der Waals surface area contributed by atoms with E-state index < -0.39 is 16.8 Å². The monoisotopic (exact) mass is 302 g/mol. The molecule has 0 fully saturated rings. The molecule has 0 aliphatic carbocycles. The number of carboxylic acid groups (broad SMARTS) is 1. The lowest BCUT2D eigenvalue weighted by Crippen LogP contribution is -2.14. The maximum Gasteiger partial charge on any atom is 0.311 e. The van der Waals surface area contributed by atoms with Crippen molar-refractivity contribution in [2.75, 3.05) is 0 Å². The Balaban J connectivity index is 3.34. The maximum atomic E-state index is 11.2. The van der Waals surface area contributed by atoms with Crippen LogP contribution >= 0.6 is 15.9 Å². The molecule has 1 unspecified atom stereocenters. The van der Waals surface area contributed by atoms with Crippen LogP contribution in [0.4, 0.5) is 5.69 Å². The van der Waals surface area contributed by atoms with E-state index in [-0.39, 0.29) is 11.3 Å². The minimum Gasteiger partial charge on any atom is -0.481 e. The molecular weight excluding hydrogens is 292 g/mol. The molecule has 0 saturated carbocycles. The third-order valence-electron chi connectivity index (χ3n) is 2.34. The molecule has 0 saturated heterocycles. The van der Waals surface area contributed by atoms with Crippen molar-refractivity contribution in [1.82, 2.24) is 4.98 Å². The number of rotatable bonds is 5. The van der Waals surface area contributed by atoms with Gasteiger partial charge in [-0.25, -0.2) is 0 Å². The van der Waals surface area contributed by atoms with Crippen LogP contribution in [0.5, 0.6) is 0 Å². The number of hydrogen-bond acceptors (Lipinski definition) is 4. The summed E-state index contributed by atoms with van der Waals surface area (Å²) in [6.45, 7) is 1.83. The largest absolute Gasteiger partial charge is 0.481 e. The van der Waals surface area contributed by atoms with E-state index in [4.69, 9.17) is 5.11 Å². The maximum absolute atomic E-state index is 11.2. The molecule has 0 aliphatic rings. The number of aliphatic carboxylic acids is 1.